The molecule has 0 N–H and O–H groups in total. The van der Waals surface area contributed by atoms with Gasteiger partial charge in [-0.25, -0.2) is 0 Å². The lowest BCUT2D eigenvalue weighted by atomic mass is 10.2. The molecule has 0 nitrogen and oxygen atoms in total. The van der Waals surface area contributed by atoms with Crippen molar-refractivity contribution >= 4 is 23.2 Å². The van der Waals surface area contributed by atoms with E-state index in [0.29, 0.717) is 4.84 Å². The lowest BCUT2D eigenvalue weighted by molar-refractivity contribution is 1.55. The van der Waals surface area contributed by atoms with Crippen LogP contribution in [-0.4, -0.2) is 0 Å². The molecule has 0 unspecified atom stereocenters. The average Bonchev–Trinajstić information content (AvgIpc) is 1.90. The van der Waals surface area contributed by atoms with E-state index >= 15 is 0 Å². The summed E-state index contributed by atoms with van der Waals surface area (Å²) in [7, 11) is 0. The van der Waals surface area contributed by atoms with Gasteiger partial charge in [0.1, 0.15) is 0 Å². The van der Waals surface area contributed by atoms with Gasteiger partial charge in [0.05, 0.1) is 0 Å². The highest BCUT2D eigenvalue weighted by Gasteiger charge is 2.10. The Balaban J connectivity index is 2.85. The summed E-state index contributed by atoms with van der Waals surface area (Å²) < 4.78 is 0. The quantitative estimate of drug-likeness (QED) is 0.554. The second-order valence-electron chi connectivity index (χ2n) is 1.63. The molecule has 0 radical (unpaired) electrons. The van der Waals surface area contributed by atoms with Gasteiger partial charge in [-0.15, -0.1) is 0 Å². The maximum Gasteiger partial charge on any atom is 0.222 e. The Morgan fingerprint density at radius 3 is 1.89 bits per heavy atom. The van der Waals surface area contributed by atoms with E-state index in [-0.39, 0.29) is 0 Å². The third kappa shape index (κ3) is 1.81. The Labute approximate surface area is 64.4 Å². The minimum atomic E-state index is 0.315. The van der Waals surface area contributed by atoms with Crippen molar-refractivity contribution in [3.05, 3.63) is 40.7 Å². The van der Waals surface area contributed by atoms with Crippen LogP contribution in [-0.2, 0) is 0 Å². The first-order chi connectivity index (χ1) is 4.30. The zero-order valence-electron chi connectivity index (χ0n) is 4.64. The second kappa shape index (κ2) is 3.00. The van der Waals surface area contributed by atoms with Crippen LogP contribution < -0.4 is 0 Å². The van der Waals surface area contributed by atoms with Crippen molar-refractivity contribution in [2.75, 3.05) is 0 Å². The van der Waals surface area contributed by atoms with Crippen molar-refractivity contribution in [2.24, 2.45) is 0 Å². The Bertz CT molecular complexity index is 170. The predicted molar refractivity (Wildman–Crippen MR) is 40.5 cm³/mol. The standard InChI is InChI=1S/C7H5Cl2/c8-7(9)6-4-2-1-3-5-6/h1-5H/q+1. The summed E-state index contributed by atoms with van der Waals surface area (Å²) in [5, 5.41) is 0. The van der Waals surface area contributed by atoms with Crippen LogP contribution in [0.3, 0.4) is 0 Å². The molecule has 46 valence electrons. The normalized spacial score (nSPS) is 9.11. The zero-order valence-corrected chi connectivity index (χ0v) is 6.15. The molecule has 0 saturated carbocycles. The summed E-state index contributed by atoms with van der Waals surface area (Å²) in [6, 6.07) is 9.41. The number of halogens is 2. The molecular weight excluding hydrogens is 155 g/mol. The SMILES string of the molecule is Cl[C+](Cl)c1ccccc1. The molecule has 0 aromatic heterocycles. The van der Waals surface area contributed by atoms with E-state index in [9.17, 15) is 0 Å². The maximum atomic E-state index is 5.49. The Morgan fingerprint density at radius 1 is 1.00 bits per heavy atom. The third-order valence-electron chi connectivity index (χ3n) is 0.992. The van der Waals surface area contributed by atoms with Crippen LogP contribution >= 0.6 is 23.2 Å². The third-order valence-corrected chi connectivity index (χ3v) is 1.43. The molecule has 1 rings (SSSR count). The number of rotatable bonds is 1. The highest BCUT2D eigenvalue weighted by atomic mass is 35.5. The summed E-state index contributed by atoms with van der Waals surface area (Å²) in [4.78, 5) is 0.315. The lowest BCUT2D eigenvalue weighted by Crippen LogP contribution is -1.77. The van der Waals surface area contributed by atoms with Gasteiger partial charge < -0.3 is 0 Å². The Kier molecular flexibility index (Phi) is 2.26. The second-order valence-corrected chi connectivity index (χ2v) is 2.58. The number of hydrogen-bond acceptors (Lipinski definition) is 0. The van der Waals surface area contributed by atoms with E-state index in [0.717, 1.165) is 5.56 Å². The Hall–Kier alpha value is -0.330. The summed E-state index contributed by atoms with van der Waals surface area (Å²) in [6.45, 7) is 0. The molecular formula is C7H5Cl2+. The fourth-order valence-electron chi connectivity index (χ4n) is 0.564. The van der Waals surface area contributed by atoms with Crippen LogP contribution in [0.15, 0.2) is 30.3 Å². The van der Waals surface area contributed by atoms with Crippen LogP contribution in [0.2, 0.25) is 0 Å². The van der Waals surface area contributed by atoms with E-state index in [2.05, 4.69) is 0 Å². The lowest BCUT2D eigenvalue weighted by Gasteiger charge is -1.85. The summed E-state index contributed by atoms with van der Waals surface area (Å²) in [5.74, 6) is 0. The predicted octanol–water partition coefficient (Wildman–Crippen LogP) is 3.00. The average molecular weight is 160 g/mol. The summed E-state index contributed by atoms with van der Waals surface area (Å²) in [5.41, 5.74) is 0.862. The van der Waals surface area contributed by atoms with Crippen LogP contribution in [0.25, 0.3) is 0 Å². The fourth-order valence-corrected chi connectivity index (χ4v) is 0.816. The van der Waals surface area contributed by atoms with Gasteiger partial charge in [0.2, 0.25) is 4.84 Å². The van der Waals surface area contributed by atoms with Crippen molar-refractivity contribution in [1.29, 1.82) is 0 Å². The largest absolute Gasteiger partial charge is 0.222 e. The molecule has 1 aromatic carbocycles. The van der Waals surface area contributed by atoms with Crippen molar-refractivity contribution in [3.8, 4) is 0 Å². The monoisotopic (exact) mass is 159 g/mol. The fraction of sp³-hybridized carbons (Fsp3) is 0. The molecule has 0 heterocycles. The minimum Gasteiger partial charge on any atom is -0.0356 e. The topological polar surface area (TPSA) is 0 Å². The van der Waals surface area contributed by atoms with Gasteiger partial charge in [-0.1, -0.05) is 0 Å². The molecule has 0 aliphatic carbocycles. The number of benzene rings is 1. The summed E-state index contributed by atoms with van der Waals surface area (Å²) >= 11 is 11.0. The molecule has 2 heteroatoms. The van der Waals surface area contributed by atoms with Crippen LogP contribution in [0.5, 0.6) is 0 Å². The van der Waals surface area contributed by atoms with E-state index in [1.807, 2.05) is 30.3 Å². The van der Waals surface area contributed by atoms with Gasteiger partial charge in [0.25, 0.3) is 0 Å². The highest BCUT2D eigenvalue weighted by molar-refractivity contribution is 6.54. The molecule has 0 atom stereocenters. The first-order valence-electron chi connectivity index (χ1n) is 2.54. The number of hydrogen-bond donors (Lipinski definition) is 0. The van der Waals surface area contributed by atoms with Crippen LogP contribution in [0.1, 0.15) is 5.56 Å². The van der Waals surface area contributed by atoms with E-state index in [1.165, 1.54) is 0 Å². The molecule has 0 fully saturated rings. The maximum absolute atomic E-state index is 5.49. The molecule has 0 spiro atoms. The summed E-state index contributed by atoms with van der Waals surface area (Å²) in [6.07, 6.45) is 0. The van der Waals surface area contributed by atoms with Gasteiger partial charge in [0.15, 0.2) is 5.56 Å². The van der Waals surface area contributed by atoms with E-state index in [4.69, 9.17) is 23.2 Å². The van der Waals surface area contributed by atoms with Crippen LogP contribution in [0, 0.1) is 4.84 Å². The van der Waals surface area contributed by atoms with Crippen molar-refractivity contribution < 1.29 is 0 Å². The van der Waals surface area contributed by atoms with Gasteiger partial charge >= 0.3 is 0 Å². The zero-order chi connectivity index (χ0) is 6.69. The van der Waals surface area contributed by atoms with Gasteiger partial charge in [0, 0.05) is 35.3 Å². The molecule has 0 bridgehead atoms. The molecule has 9 heavy (non-hydrogen) atoms. The molecule has 0 aliphatic heterocycles. The molecule has 0 aliphatic rings. The molecule has 0 saturated heterocycles. The molecule has 1 aromatic rings. The van der Waals surface area contributed by atoms with Crippen molar-refractivity contribution in [3.63, 3.8) is 0 Å². The molecule has 0 amide bonds. The smallest absolute Gasteiger partial charge is 0.0356 e. The van der Waals surface area contributed by atoms with Gasteiger partial charge in [-0.05, 0) is 18.2 Å². The van der Waals surface area contributed by atoms with Crippen LogP contribution in [0.4, 0.5) is 0 Å². The van der Waals surface area contributed by atoms with Crippen molar-refractivity contribution in [1.82, 2.24) is 0 Å². The van der Waals surface area contributed by atoms with E-state index < -0.39 is 0 Å². The van der Waals surface area contributed by atoms with Crippen molar-refractivity contribution in [2.45, 2.75) is 0 Å². The van der Waals surface area contributed by atoms with Gasteiger partial charge in [-0.2, -0.15) is 0 Å². The first-order valence-corrected chi connectivity index (χ1v) is 3.29. The van der Waals surface area contributed by atoms with Gasteiger partial charge in [-0.3, -0.25) is 0 Å². The van der Waals surface area contributed by atoms with E-state index in [1.54, 1.807) is 0 Å². The minimum absolute atomic E-state index is 0.315. The first kappa shape index (κ1) is 6.79. The highest BCUT2D eigenvalue weighted by Crippen LogP contribution is 2.21. The Morgan fingerprint density at radius 2 is 1.56 bits per heavy atom.